The Bertz CT molecular complexity index is 749. The van der Waals surface area contributed by atoms with E-state index in [-0.39, 0.29) is 18.5 Å². The second-order valence-electron chi connectivity index (χ2n) is 5.50. The average Bonchev–Trinajstić information content (AvgIpc) is 3.15. The molecule has 3 heterocycles. The Morgan fingerprint density at radius 2 is 2.00 bits per heavy atom. The fourth-order valence-electron chi connectivity index (χ4n) is 2.84. The van der Waals surface area contributed by atoms with Gasteiger partial charge < -0.3 is 5.32 Å². The van der Waals surface area contributed by atoms with Crippen LogP contribution in [0.1, 0.15) is 18.7 Å². The number of amides is 3. The van der Waals surface area contributed by atoms with Gasteiger partial charge in [0.15, 0.2) is 5.82 Å². The molecule has 0 spiro atoms. The molecule has 0 fully saturated rings. The second-order valence-corrected chi connectivity index (χ2v) is 6.53. The molecule has 0 radical (unpaired) electrons. The van der Waals surface area contributed by atoms with Crippen molar-refractivity contribution in [2.75, 3.05) is 29.5 Å². The number of urea groups is 1. The molecular weight excluding hydrogens is 338 g/mol. The number of rotatable bonds is 6. The summed E-state index contributed by atoms with van der Waals surface area (Å²) >= 11 is 1.59. The first-order valence-corrected chi connectivity index (χ1v) is 9.14. The SMILES string of the molecule is CCN1C(=O)N(CC(=O)NCc2cccs2)c2cccnc2N1CC. The first kappa shape index (κ1) is 17.2. The van der Waals surface area contributed by atoms with E-state index in [2.05, 4.69) is 10.3 Å². The quantitative estimate of drug-likeness (QED) is 0.860. The van der Waals surface area contributed by atoms with E-state index in [1.54, 1.807) is 28.6 Å². The van der Waals surface area contributed by atoms with Gasteiger partial charge in [-0.05, 0) is 37.4 Å². The van der Waals surface area contributed by atoms with E-state index >= 15 is 0 Å². The van der Waals surface area contributed by atoms with Crippen LogP contribution in [0.5, 0.6) is 0 Å². The third kappa shape index (κ3) is 3.43. The van der Waals surface area contributed by atoms with E-state index in [1.165, 1.54) is 4.90 Å². The minimum atomic E-state index is -0.212. The van der Waals surface area contributed by atoms with Crippen LogP contribution in [-0.4, -0.2) is 41.6 Å². The summed E-state index contributed by atoms with van der Waals surface area (Å²) in [5.41, 5.74) is 0.658. The Hall–Kier alpha value is -2.61. The number of hydrazine groups is 1. The van der Waals surface area contributed by atoms with E-state index in [0.717, 1.165) is 4.88 Å². The maximum absolute atomic E-state index is 12.9. The Balaban J connectivity index is 1.79. The third-order valence-corrected chi connectivity index (χ3v) is 4.86. The predicted octanol–water partition coefficient (Wildman–Crippen LogP) is 2.46. The Morgan fingerprint density at radius 3 is 2.68 bits per heavy atom. The van der Waals surface area contributed by atoms with Crippen molar-refractivity contribution in [3.63, 3.8) is 0 Å². The molecule has 2 aromatic heterocycles. The van der Waals surface area contributed by atoms with Gasteiger partial charge in [0, 0.05) is 24.2 Å². The zero-order valence-electron chi connectivity index (χ0n) is 14.3. The van der Waals surface area contributed by atoms with Gasteiger partial charge in [0.2, 0.25) is 5.91 Å². The van der Waals surface area contributed by atoms with Crippen LogP contribution >= 0.6 is 11.3 Å². The highest BCUT2D eigenvalue weighted by atomic mass is 32.1. The molecule has 0 unspecified atom stereocenters. The molecule has 2 aromatic rings. The molecule has 0 aromatic carbocycles. The van der Waals surface area contributed by atoms with Crippen LogP contribution in [0.15, 0.2) is 35.8 Å². The lowest BCUT2D eigenvalue weighted by molar-refractivity contribution is -0.119. The molecule has 1 N–H and O–H groups in total. The lowest BCUT2D eigenvalue weighted by Crippen LogP contribution is -2.58. The largest absolute Gasteiger partial charge is 0.350 e. The van der Waals surface area contributed by atoms with Crippen molar-refractivity contribution in [1.82, 2.24) is 15.3 Å². The summed E-state index contributed by atoms with van der Waals surface area (Å²) < 4.78 is 0. The van der Waals surface area contributed by atoms with E-state index in [1.807, 2.05) is 42.4 Å². The average molecular weight is 359 g/mol. The zero-order valence-corrected chi connectivity index (χ0v) is 15.1. The number of anilines is 2. The maximum Gasteiger partial charge on any atom is 0.343 e. The molecule has 25 heavy (non-hydrogen) atoms. The highest BCUT2D eigenvalue weighted by Gasteiger charge is 2.36. The molecule has 0 bridgehead atoms. The first-order chi connectivity index (χ1) is 12.2. The van der Waals surface area contributed by atoms with Crippen molar-refractivity contribution in [2.24, 2.45) is 0 Å². The van der Waals surface area contributed by atoms with Crippen LogP contribution in [0.2, 0.25) is 0 Å². The minimum absolute atomic E-state index is 0.0308. The number of nitrogens with zero attached hydrogens (tertiary/aromatic N) is 4. The Labute approximate surface area is 150 Å². The number of hydrogen-bond donors (Lipinski definition) is 1. The van der Waals surface area contributed by atoms with E-state index in [9.17, 15) is 9.59 Å². The molecular formula is C17H21N5O2S. The number of pyridine rings is 1. The summed E-state index contributed by atoms with van der Waals surface area (Å²) in [5, 5.41) is 8.29. The van der Waals surface area contributed by atoms with Crippen LogP contribution in [0.3, 0.4) is 0 Å². The van der Waals surface area contributed by atoms with E-state index in [4.69, 9.17) is 0 Å². The highest BCUT2D eigenvalue weighted by molar-refractivity contribution is 7.09. The van der Waals surface area contributed by atoms with Gasteiger partial charge in [0.05, 0.1) is 12.2 Å². The Morgan fingerprint density at radius 1 is 1.20 bits per heavy atom. The fourth-order valence-corrected chi connectivity index (χ4v) is 3.48. The molecule has 1 aliphatic rings. The van der Waals surface area contributed by atoms with Crippen molar-refractivity contribution in [2.45, 2.75) is 20.4 Å². The van der Waals surface area contributed by atoms with Gasteiger partial charge in [-0.2, -0.15) is 0 Å². The van der Waals surface area contributed by atoms with Gasteiger partial charge in [-0.15, -0.1) is 11.3 Å². The molecule has 132 valence electrons. The lowest BCUT2D eigenvalue weighted by atomic mass is 10.3. The second kappa shape index (κ2) is 7.52. The summed E-state index contributed by atoms with van der Waals surface area (Å²) in [6.07, 6.45) is 1.69. The summed E-state index contributed by atoms with van der Waals surface area (Å²) in [4.78, 5) is 32.2. The van der Waals surface area contributed by atoms with E-state index < -0.39 is 0 Å². The van der Waals surface area contributed by atoms with Gasteiger partial charge in [0.25, 0.3) is 0 Å². The summed E-state index contributed by atoms with van der Waals surface area (Å²) in [7, 11) is 0. The molecule has 0 aliphatic carbocycles. The molecule has 3 rings (SSSR count). The van der Waals surface area contributed by atoms with Crippen LogP contribution < -0.4 is 15.2 Å². The summed E-state index contributed by atoms with van der Waals surface area (Å²) in [6.45, 7) is 5.45. The van der Waals surface area contributed by atoms with Crippen molar-refractivity contribution < 1.29 is 9.59 Å². The number of nitrogens with one attached hydrogen (secondary N) is 1. The number of fused-ring (bicyclic) bond motifs is 1. The molecule has 0 saturated carbocycles. The van der Waals surface area contributed by atoms with Crippen LogP contribution in [0.4, 0.5) is 16.3 Å². The molecule has 0 atom stereocenters. The third-order valence-electron chi connectivity index (χ3n) is 3.99. The minimum Gasteiger partial charge on any atom is -0.350 e. The van der Waals surface area contributed by atoms with Crippen LogP contribution in [0, 0.1) is 0 Å². The normalized spacial score (nSPS) is 13.8. The van der Waals surface area contributed by atoms with Crippen molar-refractivity contribution in [3.05, 3.63) is 40.7 Å². The standard InChI is InChI=1S/C17H21N5O2S/c1-3-21-16-14(8-5-9-18-16)20(17(24)22(21)4-2)12-15(23)19-11-13-7-6-10-25-13/h5-10H,3-4,11-12H2,1-2H3,(H,19,23). The molecule has 7 nitrogen and oxygen atoms in total. The monoisotopic (exact) mass is 359 g/mol. The molecule has 1 aliphatic heterocycles. The predicted molar refractivity (Wildman–Crippen MR) is 98.5 cm³/mol. The summed E-state index contributed by atoms with van der Waals surface area (Å²) in [6, 6.07) is 7.30. The van der Waals surface area contributed by atoms with Gasteiger partial charge in [-0.25, -0.2) is 14.8 Å². The Kier molecular flexibility index (Phi) is 5.18. The first-order valence-electron chi connectivity index (χ1n) is 8.26. The lowest BCUT2D eigenvalue weighted by Gasteiger charge is -2.43. The highest BCUT2D eigenvalue weighted by Crippen LogP contribution is 2.33. The topological polar surface area (TPSA) is 68.8 Å². The van der Waals surface area contributed by atoms with Crippen LogP contribution in [0.25, 0.3) is 0 Å². The van der Waals surface area contributed by atoms with Crippen molar-refractivity contribution >= 4 is 34.8 Å². The van der Waals surface area contributed by atoms with Gasteiger partial charge in [-0.3, -0.25) is 14.7 Å². The smallest absolute Gasteiger partial charge is 0.343 e. The van der Waals surface area contributed by atoms with Crippen LogP contribution in [-0.2, 0) is 11.3 Å². The van der Waals surface area contributed by atoms with E-state index in [0.29, 0.717) is 31.1 Å². The fraction of sp³-hybridized carbons (Fsp3) is 0.353. The number of hydrogen-bond acceptors (Lipinski definition) is 5. The number of aromatic nitrogens is 1. The zero-order chi connectivity index (χ0) is 17.8. The summed E-state index contributed by atoms with van der Waals surface area (Å²) in [5.74, 6) is 0.495. The maximum atomic E-state index is 12.9. The number of carbonyl (C=O) groups excluding carboxylic acids is 2. The molecule has 8 heteroatoms. The van der Waals surface area contributed by atoms with Crippen molar-refractivity contribution in [3.8, 4) is 0 Å². The molecule has 3 amide bonds. The van der Waals surface area contributed by atoms with Gasteiger partial charge in [-0.1, -0.05) is 6.07 Å². The van der Waals surface area contributed by atoms with Gasteiger partial charge in [0.1, 0.15) is 6.54 Å². The number of thiophene rings is 1. The molecule has 0 saturated heterocycles. The van der Waals surface area contributed by atoms with Gasteiger partial charge >= 0.3 is 6.03 Å². The number of carbonyl (C=O) groups is 2. The van der Waals surface area contributed by atoms with Crippen molar-refractivity contribution in [1.29, 1.82) is 0 Å².